The highest BCUT2D eigenvalue weighted by Gasteiger charge is 2.19. The molecule has 0 bridgehead atoms. The van der Waals surface area contributed by atoms with Gasteiger partial charge in [-0.3, -0.25) is 14.4 Å². The topological polar surface area (TPSA) is 75.7 Å². The minimum atomic E-state index is -0.404. The summed E-state index contributed by atoms with van der Waals surface area (Å²) in [5, 5.41) is 3.22. The molecule has 1 aliphatic heterocycles. The van der Waals surface area contributed by atoms with Crippen LogP contribution >= 0.6 is 11.6 Å². The van der Waals surface area contributed by atoms with Crippen LogP contribution in [-0.2, 0) is 16.1 Å². The molecule has 0 spiro atoms. The molecule has 3 rings (SSSR count). The first-order chi connectivity index (χ1) is 14.0. The highest BCUT2D eigenvalue weighted by molar-refractivity contribution is 6.30. The van der Waals surface area contributed by atoms with Gasteiger partial charge in [-0.05, 0) is 54.8 Å². The van der Waals surface area contributed by atoms with Crippen molar-refractivity contribution in [1.29, 1.82) is 0 Å². The minimum Gasteiger partial charge on any atom is -0.461 e. The lowest BCUT2D eigenvalue weighted by Crippen LogP contribution is -2.27. The molecular formula is C22H23ClN2O4. The summed E-state index contributed by atoms with van der Waals surface area (Å²) in [6, 6.07) is 13.6. The number of carbonyl (C=O) groups excluding carboxylic acids is 3. The Kier molecular flexibility index (Phi) is 7.25. The van der Waals surface area contributed by atoms with E-state index in [0.717, 1.165) is 31.5 Å². The number of nitrogens with zero attached hydrogens (tertiary/aromatic N) is 1. The van der Waals surface area contributed by atoms with E-state index in [4.69, 9.17) is 16.3 Å². The molecule has 152 valence electrons. The highest BCUT2D eigenvalue weighted by atomic mass is 35.5. The van der Waals surface area contributed by atoms with Crippen molar-refractivity contribution in [3.05, 3.63) is 70.2 Å². The first kappa shape index (κ1) is 20.9. The zero-order valence-corrected chi connectivity index (χ0v) is 16.8. The van der Waals surface area contributed by atoms with Crippen LogP contribution in [0, 0.1) is 0 Å². The van der Waals surface area contributed by atoms with Gasteiger partial charge in [-0.1, -0.05) is 23.7 Å². The molecule has 6 nitrogen and oxygen atoms in total. The van der Waals surface area contributed by atoms with Crippen molar-refractivity contribution in [2.24, 2.45) is 0 Å². The quantitative estimate of drug-likeness (QED) is 0.704. The van der Waals surface area contributed by atoms with Crippen molar-refractivity contribution in [2.75, 3.05) is 19.6 Å². The smallest absolute Gasteiger partial charge is 0.307 e. The van der Waals surface area contributed by atoms with E-state index in [2.05, 4.69) is 5.32 Å². The third-order valence-corrected chi connectivity index (χ3v) is 4.97. The average molecular weight is 415 g/mol. The molecule has 0 atom stereocenters. The molecule has 1 fully saturated rings. The molecule has 0 aliphatic carbocycles. The summed E-state index contributed by atoms with van der Waals surface area (Å²) in [6.45, 7) is 1.94. The number of benzene rings is 2. The van der Waals surface area contributed by atoms with Crippen LogP contribution in [0.1, 0.15) is 45.5 Å². The Bertz CT molecular complexity index is 859. The lowest BCUT2D eigenvalue weighted by molar-refractivity contribution is -0.144. The van der Waals surface area contributed by atoms with Crippen molar-refractivity contribution in [3.63, 3.8) is 0 Å². The van der Waals surface area contributed by atoms with Crippen LogP contribution in [0.5, 0.6) is 0 Å². The zero-order valence-electron chi connectivity index (χ0n) is 16.0. The van der Waals surface area contributed by atoms with Crippen molar-refractivity contribution < 1.29 is 19.1 Å². The van der Waals surface area contributed by atoms with Gasteiger partial charge < -0.3 is 15.0 Å². The Morgan fingerprint density at radius 3 is 2.21 bits per heavy atom. The Labute approximate surface area is 174 Å². The SMILES string of the molecule is O=C(CCNC(=O)c1ccc(Cl)cc1)OCc1ccc(C(=O)N2CCCC2)cc1. The number of likely N-dealkylation sites (tertiary alicyclic amines) is 1. The molecule has 1 heterocycles. The molecule has 0 radical (unpaired) electrons. The van der Waals surface area contributed by atoms with Gasteiger partial charge in [0.25, 0.3) is 11.8 Å². The molecule has 1 saturated heterocycles. The molecule has 1 N–H and O–H groups in total. The largest absolute Gasteiger partial charge is 0.461 e. The van der Waals surface area contributed by atoms with Crippen LogP contribution in [0.25, 0.3) is 0 Å². The van der Waals surface area contributed by atoms with Gasteiger partial charge in [0.15, 0.2) is 0 Å². The van der Waals surface area contributed by atoms with Crippen LogP contribution in [0.4, 0.5) is 0 Å². The third kappa shape index (κ3) is 6.06. The number of hydrogen-bond acceptors (Lipinski definition) is 4. The molecule has 7 heteroatoms. The van der Waals surface area contributed by atoms with Gasteiger partial charge in [-0.2, -0.15) is 0 Å². The Morgan fingerprint density at radius 2 is 1.55 bits per heavy atom. The second-order valence-corrected chi connectivity index (χ2v) is 7.31. The van der Waals surface area contributed by atoms with E-state index in [1.807, 2.05) is 4.90 Å². The highest BCUT2D eigenvalue weighted by Crippen LogP contribution is 2.14. The van der Waals surface area contributed by atoms with E-state index in [-0.39, 0.29) is 31.4 Å². The standard InChI is InChI=1S/C22H23ClN2O4/c23-19-9-7-17(8-10-19)21(27)24-12-11-20(26)29-15-16-3-5-18(6-4-16)22(28)25-13-1-2-14-25/h3-10H,1-2,11-15H2,(H,24,27). The maximum Gasteiger partial charge on any atom is 0.307 e. The van der Waals surface area contributed by atoms with Gasteiger partial charge in [-0.15, -0.1) is 0 Å². The number of rotatable bonds is 7. The summed E-state index contributed by atoms with van der Waals surface area (Å²) in [5.74, 6) is -0.631. The van der Waals surface area contributed by atoms with Gasteiger partial charge in [0.1, 0.15) is 6.61 Å². The number of nitrogens with one attached hydrogen (secondary N) is 1. The fraction of sp³-hybridized carbons (Fsp3) is 0.318. The van der Waals surface area contributed by atoms with Crippen LogP contribution in [0.15, 0.2) is 48.5 Å². The fourth-order valence-corrected chi connectivity index (χ4v) is 3.19. The minimum absolute atomic E-state index is 0.0440. The normalized spacial score (nSPS) is 13.2. The van der Waals surface area contributed by atoms with Gasteiger partial charge in [-0.25, -0.2) is 0 Å². The van der Waals surface area contributed by atoms with Crippen LogP contribution in [0.2, 0.25) is 5.02 Å². The molecule has 2 amide bonds. The maximum absolute atomic E-state index is 12.3. The summed E-state index contributed by atoms with van der Waals surface area (Å²) in [7, 11) is 0. The summed E-state index contributed by atoms with van der Waals surface area (Å²) < 4.78 is 5.23. The fourth-order valence-electron chi connectivity index (χ4n) is 3.06. The van der Waals surface area contributed by atoms with Gasteiger partial charge in [0.2, 0.25) is 0 Å². The summed E-state index contributed by atoms with van der Waals surface area (Å²) in [5.41, 5.74) is 1.93. The molecule has 0 aromatic heterocycles. The maximum atomic E-state index is 12.3. The predicted octanol–water partition coefficient (Wildman–Crippen LogP) is 3.44. The van der Waals surface area contributed by atoms with Crippen molar-refractivity contribution in [2.45, 2.75) is 25.9 Å². The molecular weight excluding hydrogens is 392 g/mol. The van der Waals surface area contributed by atoms with E-state index >= 15 is 0 Å². The molecule has 2 aromatic carbocycles. The van der Waals surface area contributed by atoms with Crippen LogP contribution in [0.3, 0.4) is 0 Å². The van der Waals surface area contributed by atoms with E-state index in [1.54, 1.807) is 48.5 Å². The molecule has 2 aromatic rings. The summed E-state index contributed by atoms with van der Waals surface area (Å²) in [6.07, 6.45) is 2.19. The molecule has 0 saturated carbocycles. The van der Waals surface area contributed by atoms with Gasteiger partial charge >= 0.3 is 5.97 Å². The van der Waals surface area contributed by atoms with Crippen molar-refractivity contribution in [3.8, 4) is 0 Å². The number of halogens is 1. The van der Waals surface area contributed by atoms with Crippen LogP contribution < -0.4 is 5.32 Å². The average Bonchev–Trinajstić information content (AvgIpc) is 3.27. The monoisotopic (exact) mass is 414 g/mol. The Morgan fingerprint density at radius 1 is 0.931 bits per heavy atom. The van der Waals surface area contributed by atoms with E-state index in [9.17, 15) is 14.4 Å². The first-order valence-corrected chi connectivity index (χ1v) is 9.98. The summed E-state index contributed by atoms with van der Waals surface area (Å²) >= 11 is 5.79. The number of carbonyl (C=O) groups is 3. The van der Waals surface area contributed by atoms with Gasteiger partial charge in [0.05, 0.1) is 6.42 Å². The molecule has 1 aliphatic rings. The lowest BCUT2D eigenvalue weighted by atomic mass is 10.1. The second-order valence-electron chi connectivity index (χ2n) is 6.87. The summed E-state index contributed by atoms with van der Waals surface area (Å²) in [4.78, 5) is 38.0. The lowest BCUT2D eigenvalue weighted by Gasteiger charge is -2.15. The van der Waals surface area contributed by atoms with Gasteiger partial charge in [0, 0.05) is 35.8 Å². The van der Waals surface area contributed by atoms with E-state index < -0.39 is 5.97 Å². The first-order valence-electron chi connectivity index (χ1n) is 9.60. The van der Waals surface area contributed by atoms with Crippen LogP contribution in [-0.4, -0.2) is 42.3 Å². The molecule has 0 unspecified atom stereocenters. The number of hydrogen-bond donors (Lipinski definition) is 1. The number of ether oxygens (including phenoxy) is 1. The third-order valence-electron chi connectivity index (χ3n) is 4.72. The predicted molar refractivity (Wildman–Crippen MR) is 110 cm³/mol. The van der Waals surface area contributed by atoms with Crippen molar-refractivity contribution >= 4 is 29.4 Å². The van der Waals surface area contributed by atoms with E-state index in [0.29, 0.717) is 16.1 Å². The zero-order chi connectivity index (χ0) is 20.6. The van der Waals surface area contributed by atoms with E-state index in [1.165, 1.54) is 0 Å². The van der Waals surface area contributed by atoms with Crippen molar-refractivity contribution in [1.82, 2.24) is 10.2 Å². The number of amides is 2. The Balaban J connectivity index is 1.38. The number of esters is 1. The Hall–Kier alpha value is -2.86. The molecule has 29 heavy (non-hydrogen) atoms. The second kappa shape index (κ2) is 10.1.